The molecule has 1 aromatic rings. The van der Waals surface area contributed by atoms with E-state index in [-0.39, 0.29) is 17.2 Å². The van der Waals surface area contributed by atoms with E-state index < -0.39 is 11.8 Å². The number of aliphatic hydroxyl groups excluding tert-OH is 1. The second-order valence-electron chi connectivity index (χ2n) is 4.04. The molecule has 0 amide bonds. The Kier molecular flexibility index (Phi) is 3.68. The van der Waals surface area contributed by atoms with Crippen molar-refractivity contribution in [2.24, 2.45) is 0 Å². The zero-order valence-corrected chi connectivity index (χ0v) is 9.35. The maximum Gasteiger partial charge on any atom is 0.265 e. The third-order valence-electron chi connectivity index (χ3n) is 2.40. The number of hydrogen-bond acceptors (Lipinski definition) is 1. The Morgan fingerprint density at radius 1 is 1.40 bits per heavy atom. The van der Waals surface area contributed by atoms with Crippen LogP contribution in [-0.4, -0.2) is 11.7 Å². The summed E-state index contributed by atoms with van der Waals surface area (Å²) in [7, 11) is 0. The van der Waals surface area contributed by atoms with E-state index in [4.69, 9.17) is 16.7 Å². The molecule has 0 saturated carbocycles. The van der Waals surface area contributed by atoms with Gasteiger partial charge in [-0.15, -0.1) is 0 Å². The minimum absolute atomic E-state index is 0.0454. The standard InChI is InChI=1S/C11H13ClF2O/c1-11(2,6-15)7-4-3-5-8(12)9(7)10(13)14/h3-5,10,15H,6H2,1-2H3. The highest BCUT2D eigenvalue weighted by Crippen LogP contribution is 2.36. The van der Waals surface area contributed by atoms with Gasteiger partial charge in [-0.1, -0.05) is 37.6 Å². The minimum Gasteiger partial charge on any atom is -0.395 e. The molecule has 0 radical (unpaired) electrons. The average Bonchev–Trinajstić information content (AvgIpc) is 2.16. The fourth-order valence-electron chi connectivity index (χ4n) is 1.43. The highest BCUT2D eigenvalue weighted by Gasteiger charge is 2.27. The Bertz CT molecular complexity index is 350. The molecular weight excluding hydrogens is 222 g/mol. The average molecular weight is 235 g/mol. The van der Waals surface area contributed by atoms with Crippen LogP contribution in [-0.2, 0) is 5.41 Å². The molecule has 0 aliphatic carbocycles. The van der Waals surface area contributed by atoms with Crippen molar-refractivity contribution in [3.63, 3.8) is 0 Å². The van der Waals surface area contributed by atoms with E-state index in [1.54, 1.807) is 26.0 Å². The highest BCUT2D eigenvalue weighted by molar-refractivity contribution is 6.31. The minimum atomic E-state index is -2.63. The number of aliphatic hydroxyl groups is 1. The lowest BCUT2D eigenvalue weighted by Crippen LogP contribution is -2.24. The zero-order valence-electron chi connectivity index (χ0n) is 8.60. The first-order valence-electron chi connectivity index (χ1n) is 4.58. The van der Waals surface area contributed by atoms with E-state index in [0.717, 1.165) is 0 Å². The van der Waals surface area contributed by atoms with Crippen LogP contribution in [0.4, 0.5) is 8.78 Å². The van der Waals surface area contributed by atoms with Crippen molar-refractivity contribution in [3.05, 3.63) is 34.3 Å². The summed E-state index contributed by atoms with van der Waals surface area (Å²) >= 11 is 5.73. The van der Waals surface area contributed by atoms with Gasteiger partial charge in [0.05, 0.1) is 6.61 Å². The van der Waals surface area contributed by atoms with Gasteiger partial charge in [-0.05, 0) is 11.6 Å². The molecule has 84 valence electrons. The molecule has 0 unspecified atom stereocenters. The molecule has 4 heteroatoms. The number of hydrogen-bond donors (Lipinski definition) is 1. The molecule has 0 fully saturated rings. The monoisotopic (exact) mass is 234 g/mol. The Labute approximate surface area is 92.7 Å². The van der Waals surface area contributed by atoms with Gasteiger partial charge in [0.25, 0.3) is 6.43 Å². The summed E-state index contributed by atoms with van der Waals surface area (Å²) in [5, 5.41) is 9.20. The van der Waals surface area contributed by atoms with Crippen LogP contribution < -0.4 is 0 Å². The number of benzene rings is 1. The quantitative estimate of drug-likeness (QED) is 0.848. The van der Waals surface area contributed by atoms with Crippen LogP contribution in [0.3, 0.4) is 0 Å². The second-order valence-corrected chi connectivity index (χ2v) is 4.45. The summed E-state index contributed by atoms with van der Waals surface area (Å²) in [6.45, 7) is 3.20. The topological polar surface area (TPSA) is 20.2 Å². The predicted molar refractivity (Wildman–Crippen MR) is 56.5 cm³/mol. The van der Waals surface area contributed by atoms with E-state index in [2.05, 4.69) is 0 Å². The van der Waals surface area contributed by atoms with Crippen molar-refractivity contribution < 1.29 is 13.9 Å². The van der Waals surface area contributed by atoms with Crippen molar-refractivity contribution in [1.82, 2.24) is 0 Å². The molecule has 0 bridgehead atoms. The summed E-state index contributed by atoms with van der Waals surface area (Å²) in [6.07, 6.45) is -2.63. The van der Waals surface area contributed by atoms with Gasteiger partial charge in [0, 0.05) is 16.0 Å². The van der Waals surface area contributed by atoms with Crippen LogP contribution in [0.1, 0.15) is 31.4 Å². The molecule has 15 heavy (non-hydrogen) atoms. The number of alkyl halides is 2. The SMILES string of the molecule is CC(C)(CO)c1cccc(Cl)c1C(F)F. The maximum absolute atomic E-state index is 12.8. The van der Waals surface area contributed by atoms with Crippen molar-refractivity contribution >= 4 is 11.6 Å². The summed E-state index contributed by atoms with van der Waals surface area (Å²) in [5.41, 5.74) is -0.498. The smallest absolute Gasteiger partial charge is 0.265 e. The van der Waals surface area contributed by atoms with E-state index in [0.29, 0.717) is 5.56 Å². The molecule has 0 aromatic heterocycles. The van der Waals surface area contributed by atoms with Crippen LogP contribution in [0, 0.1) is 0 Å². The van der Waals surface area contributed by atoms with E-state index >= 15 is 0 Å². The van der Waals surface area contributed by atoms with E-state index in [9.17, 15) is 8.78 Å². The lowest BCUT2D eigenvalue weighted by molar-refractivity contribution is 0.145. The van der Waals surface area contributed by atoms with Crippen molar-refractivity contribution in [3.8, 4) is 0 Å². The molecule has 1 N–H and O–H groups in total. The van der Waals surface area contributed by atoms with Crippen LogP contribution in [0.2, 0.25) is 5.02 Å². The van der Waals surface area contributed by atoms with Crippen LogP contribution in [0.25, 0.3) is 0 Å². The van der Waals surface area contributed by atoms with Crippen LogP contribution in [0.5, 0.6) is 0 Å². The molecule has 0 aliphatic rings. The molecule has 1 aromatic carbocycles. The Hall–Kier alpha value is -0.670. The first kappa shape index (κ1) is 12.4. The van der Waals surface area contributed by atoms with Gasteiger partial charge in [-0.25, -0.2) is 8.78 Å². The predicted octanol–water partition coefficient (Wildman–Crippen LogP) is 3.55. The van der Waals surface area contributed by atoms with Crippen LogP contribution >= 0.6 is 11.6 Å². The number of halogens is 3. The lowest BCUT2D eigenvalue weighted by atomic mass is 9.82. The largest absolute Gasteiger partial charge is 0.395 e. The van der Waals surface area contributed by atoms with Gasteiger partial charge < -0.3 is 5.11 Å². The van der Waals surface area contributed by atoms with Gasteiger partial charge in [0.1, 0.15) is 0 Å². The van der Waals surface area contributed by atoms with E-state index in [1.807, 2.05) is 0 Å². The van der Waals surface area contributed by atoms with E-state index in [1.165, 1.54) is 6.07 Å². The van der Waals surface area contributed by atoms with Gasteiger partial charge in [0.15, 0.2) is 0 Å². The van der Waals surface area contributed by atoms with Gasteiger partial charge in [0.2, 0.25) is 0 Å². The normalized spacial score (nSPS) is 12.2. The highest BCUT2D eigenvalue weighted by atomic mass is 35.5. The zero-order chi connectivity index (χ0) is 11.6. The molecule has 0 heterocycles. The van der Waals surface area contributed by atoms with Crippen LogP contribution in [0.15, 0.2) is 18.2 Å². The Morgan fingerprint density at radius 2 is 2.00 bits per heavy atom. The Morgan fingerprint density at radius 3 is 2.47 bits per heavy atom. The molecule has 0 atom stereocenters. The van der Waals surface area contributed by atoms with Crippen molar-refractivity contribution in [1.29, 1.82) is 0 Å². The summed E-state index contributed by atoms with van der Waals surface area (Å²) in [5.74, 6) is 0. The molecule has 1 rings (SSSR count). The molecule has 0 aliphatic heterocycles. The first-order chi connectivity index (χ1) is 6.90. The third kappa shape index (κ3) is 2.47. The maximum atomic E-state index is 12.8. The molecular formula is C11H13ClF2O. The fraction of sp³-hybridized carbons (Fsp3) is 0.455. The Balaban J connectivity index is 3.35. The van der Waals surface area contributed by atoms with Gasteiger partial charge in [-0.2, -0.15) is 0 Å². The molecule has 0 spiro atoms. The summed E-state index contributed by atoms with van der Waals surface area (Å²) in [6, 6.07) is 4.62. The van der Waals surface area contributed by atoms with Gasteiger partial charge in [-0.3, -0.25) is 0 Å². The summed E-state index contributed by atoms with van der Waals surface area (Å²) < 4.78 is 25.6. The summed E-state index contributed by atoms with van der Waals surface area (Å²) in [4.78, 5) is 0. The lowest BCUT2D eigenvalue weighted by Gasteiger charge is -2.25. The second kappa shape index (κ2) is 4.45. The number of rotatable bonds is 3. The van der Waals surface area contributed by atoms with Gasteiger partial charge >= 0.3 is 0 Å². The van der Waals surface area contributed by atoms with Crippen molar-refractivity contribution in [2.75, 3.05) is 6.61 Å². The third-order valence-corrected chi connectivity index (χ3v) is 2.73. The van der Waals surface area contributed by atoms with Crippen molar-refractivity contribution in [2.45, 2.75) is 25.7 Å². The first-order valence-corrected chi connectivity index (χ1v) is 4.96. The molecule has 0 saturated heterocycles. The fourth-order valence-corrected chi connectivity index (χ4v) is 1.69. The molecule has 1 nitrogen and oxygen atoms in total.